The predicted octanol–water partition coefficient (Wildman–Crippen LogP) is 18.9. The molecule has 1 fully saturated rings. The van der Waals surface area contributed by atoms with Gasteiger partial charge >= 0.3 is 23.9 Å². The van der Waals surface area contributed by atoms with Crippen LogP contribution in [0.4, 0.5) is 0 Å². The molecule has 0 heterocycles. The molecule has 0 spiro atoms. The van der Waals surface area contributed by atoms with E-state index in [1.165, 1.54) is 60.4 Å². The maximum Gasteiger partial charge on any atom is 0.344 e. The van der Waals surface area contributed by atoms with E-state index in [0.717, 1.165) is 43.3 Å². The SMILES string of the molecule is CC(OCCC1CCCCC1)Oc1ccc2c3c(cccc13)C(C)C2C.CCC(C)(C)C(=O)Oc1ccc(OCC(=O)OC(C)(C)C)cc1.CCC(C)(C)Oc1ccc(OC(=O)C(C)(C)CC)cc1.CCOC(C)Oc1ccc(OC(=O)C(C)(C)CC)cc1. The summed E-state index contributed by atoms with van der Waals surface area (Å²) in [6.45, 7) is 40.3. The summed E-state index contributed by atoms with van der Waals surface area (Å²) in [7, 11) is 0. The maximum atomic E-state index is 12.0. The summed E-state index contributed by atoms with van der Waals surface area (Å²) < 4.78 is 55.5. The van der Waals surface area contributed by atoms with Crippen LogP contribution in [0.25, 0.3) is 10.8 Å². The van der Waals surface area contributed by atoms with Crippen molar-refractivity contribution in [2.75, 3.05) is 19.8 Å². The van der Waals surface area contributed by atoms with Gasteiger partial charge in [0.1, 0.15) is 51.4 Å². The van der Waals surface area contributed by atoms with Crippen molar-refractivity contribution in [2.45, 2.75) is 238 Å². The van der Waals surface area contributed by atoms with Crippen LogP contribution < -0.4 is 33.2 Å². The van der Waals surface area contributed by atoms with Crippen molar-refractivity contribution in [3.05, 3.63) is 114 Å². The second-order valence-electron chi connectivity index (χ2n) is 26.9. The average molecular weight is 1230 g/mol. The first-order chi connectivity index (χ1) is 41.8. The molecule has 14 heteroatoms. The Bertz CT molecular complexity index is 2950. The Hall–Kier alpha value is -6.64. The van der Waals surface area contributed by atoms with Crippen LogP contribution in [0.1, 0.15) is 226 Å². The highest BCUT2D eigenvalue weighted by Gasteiger charge is 2.32. The van der Waals surface area contributed by atoms with Crippen LogP contribution >= 0.6 is 0 Å². The Morgan fingerprint density at radius 3 is 1.38 bits per heavy atom. The lowest BCUT2D eigenvalue weighted by Crippen LogP contribution is -2.28. The Morgan fingerprint density at radius 2 is 0.933 bits per heavy atom. The number of carbonyl (C=O) groups excluding carboxylic acids is 4. The highest BCUT2D eigenvalue weighted by Crippen LogP contribution is 2.48. The van der Waals surface area contributed by atoms with E-state index in [9.17, 15) is 19.2 Å². The summed E-state index contributed by atoms with van der Waals surface area (Å²) in [5, 5.41) is 2.64. The lowest BCUT2D eigenvalue weighted by Gasteiger charge is -2.25. The van der Waals surface area contributed by atoms with Gasteiger partial charge in [0.2, 0.25) is 0 Å². The fourth-order valence-corrected chi connectivity index (χ4v) is 9.23. The van der Waals surface area contributed by atoms with Crippen molar-refractivity contribution in [3.63, 3.8) is 0 Å². The lowest BCUT2D eigenvalue weighted by atomic mass is 9.87. The molecule has 5 aromatic rings. The number of esters is 4. The monoisotopic (exact) mass is 1230 g/mol. The van der Waals surface area contributed by atoms with Crippen LogP contribution in [-0.2, 0) is 33.4 Å². The van der Waals surface area contributed by atoms with Gasteiger partial charge in [-0.05, 0) is 242 Å². The van der Waals surface area contributed by atoms with Crippen LogP contribution in [0.15, 0.2) is 103 Å². The standard InChI is InChI=1S/C24H32O2.C18H26O5.C17H26O3.C16H24O4/c1-16-17(2)21-12-13-23(22-11-7-10-20(16)24(21)22)26-18(3)25-15-14-19-8-5-4-6-9-19;1-7-18(5,6)16(20)22-14-10-8-13(9-11-14)21-12-15(19)23-17(2,3)4;1-7-16(3,4)15(18)19-13-9-11-14(12-10-13)20-17(5,6)8-2;1-6-16(4,5)15(17)20-14-10-8-13(9-11-14)19-12(3)18-7-2/h7,10-13,16-19H,4-6,8-9,14-15H2,1-3H3;8-11H,7,12H2,1-6H3;9-12H,7-8H2,1-6H3;8-12H,6-7H2,1-5H3. The predicted molar refractivity (Wildman–Crippen MR) is 355 cm³/mol. The van der Waals surface area contributed by atoms with E-state index < -0.39 is 27.8 Å². The topological polar surface area (TPSA) is 161 Å². The summed E-state index contributed by atoms with van der Waals surface area (Å²) >= 11 is 0. The summed E-state index contributed by atoms with van der Waals surface area (Å²) in [4.78, 5) is 47.5. The van der Waals surface area contributed by atoms with Crippen molar-refractivity contribution in [2.24, 2.45) is 22.2 Å². The summed E-state index contributed by atoms with van der Waals surface area (Å²) in [5.41, 5.74) is 0.735. The third-order valence-corrected chi connectivity index (χ3v) is 16.8. The molecule has 1 saturated carbocycles. The largest absolute Gasteiger partial charge is 0.488 e. The minimum Gasteiger partial charge on any atom is -0.488 e. The Balaban J connectivity index is 0.000000255. The number of rotatable bonds is 25. The van der Waals surface area contributed by atoms with Crippen LogP contribution in [-0.4, -0.2) is 67.5 Å². The summed E-state index contributed by atoms with van der Waals surface area (Å²) in [5.74, 6) is 5.32. The highest BCUT2D eigenvalue weighted by atomic mass is 16.7. The molecule has 0 aromatic heterocycles. The van der Waals surface area contributed by atoms with Crippen LogP contribution in [0.2, 0.25) is 0 Å². The molecule has 0 aliphatic heterocycles. The van der Waals surface area contributed by atoms with Gasteiger partial charge in [-0.2, -0.15) is 0 Å². The molecule has 89 heavy (non-hydrogen) atoms. The molecular formula is C75H108O14. The normalized spacial score (nSPS) is 15.7. The van der Waals surface area contributed by atoms with Gasteiger partial charge in [-0.1, -0.05) is 97.9 Å². The van der Waals surface area contributed by atoms with E-state index in [2.05, 4.69) is 51.1 Å². The van der Waals surface area contributed by atoms with Gasteiger partial charge in [0.25, 0.3) is 0 Å². The molecule has 0 amide bonds. The number of hydrogen-bond donors (Lipinski definition) is 0. The molecule has 2 aliphatic carbocycles. The van der Waals surface area contributed by atoms with Gasteiger partial charge in [-0.25, -0.2) is 4.79 Å². The fourth-order valence-electron chi connectivity index (χ4n) is 9.23. The highest BCUT2D eigenvalue weighted by molar-refractivity contribution is 5.96. The molecule has 0 bridgehead atoms. The Kier molecular flexibility index (Phi) is 29.0. The quantitative estimate of drug-likeness (QED) is 0.0308. The molecule has 2 aliphatic rings. The van der Waals surface area contributed by atoms with Gasteiger partial charge in [0, 0.05) is 12.0 Å². The molecule has 0 radical (unpaired) electrons. The van der Waals surface area contributed by atoms with E-state index in [1.54, 1.807) is 81.4 Å². The van der Waals surface area contributed by atoms with Gasteiger partial charge in [-0.3, -0.25) is 14.4 Å². The molecule has 0 saturated heterocycles. The molecule has 492 valence electrons. The molecule has 5 aromatic carbocycles. The first-order valence-corrected chi connectivity index (χ1v) is 32.4. The second kappa shape index (κ2) is 34.5. The lowest BCUT2D eigenvalue weighted by molar-refractivity contribution is -0.157. The molecule has 4 atom stereocenters. The zero-order valence-corrected chi connectivity index (χ0v) is 57.6. The number of carbonyl (C=O) groups is 4. The summed E-state index contributed by atoms with van der Waals surface area (Å²) in [6, 6.07) is 31.7. The van der Waals surface area contributed by atoms with Crippen molar-refractivity contribution in [1.29, 1.82) is 0 Å². The van der Waals surface area contributed by atoms with Gasteiger partial charge < -0.3 is 47.4 Å². The third kappa shape index (κ3) is 24.6. The van der Waals surface area contributed by atoms with E-state index in [4.69, 9.17) is 47.4 Å². The van der Waals surface area contributed by atoms with E-state index in [1.807, 2.05) is 109 Å². The Labute approximate surface area is 533 Å². The van der Waals surface area contributed by atoms with Crippen molar-refractivity contribution in [3.8, 4) is 40.2 Å². The molecule has 7 rings (SSSR count). The van der Waals surface area contributed by atoms with Crippen molar-refractivity contribution < 1.29 is 66.5 Å². The number of benzene rings is 5. The van der Waals surface area contributed by atoms with Gasteiger partial charge in [0.05, 0.1) is 22.9 Å². The van der Waals surface area contributed by atoms with E-state index in [0.29, 0.717) is 53.6 Å². The minimum atomic E-state index is -0.537. The molecule has 0 N–H and O–H groups in total. The average Bonchev–Trinajstić information content (AvgIpc) is 1.79. The van der Waals surface area contributed by atoms with E-state index in [-0.39, 0.29) is 42.7 Å². The van der Waals surface area contributed by atoms with Crippen LogP contribution in [0.5, 0.6) is 40.2 Å². The minimum absolute atomic E-state index is 0.167. The fraction of sp³-hybridized carbons (Fsp3) is 0.573. The number of hydrogen-bond acceptors (Lipinski definition) is 14. The molecule has 14 nitrogen and oxygen atoms in total. The van der Waals surface area contributed by atoms with Crippen molar-refractivity contribution in [1.82, 2.24) is 0 Å². The summed E-state index contributed by atoms with van der Waals surface area (Å²) in [6.07, 6.45) is 10.7. The van der Waals surface area contributed by atoms with Crippen molar-refractivity contribution >= 4 is 34.6 Å². The van der Waals surface area contributed by atoms with E-state index >= 15 is 0 Å². The Morgan fingerprint density at radius 1 is 0.494 bits per heavy atom. The smallest absolute Gasteiger partial charge is 0.344 e. The first-order valence-electron chi connectivity index (χ1n) is 32.4. The molecule has 4 unspecified atom stereocenters. The zero-order valence-electron chi connectivity index (χ0n) is 57.6. The van der Waals surface area contributed by atoms with Crippen LogP contribution in [0, 0.1) is 22.2 Å². The molecular weight excluding hydrogens is 1120 g/mol. The first kappa shape index (κ1) is 74.8. The number of ether oxygens (including phenoxy) is 10. The third-order valence-electron chi connectivity index (χ3n) is 16.8. The zero-order chi connectivity index (χ0) is 66.3. The second-order valence-corrected chi connectivity index (χ2v) is 26.9. The van der Waals surface area contributed by atoms with Crippen LogP contribution in [0.3, 0.4) is 0 Å². The van der Waals surface area contributed by atoms with Gasteiger partial charge in [0.15, 0.2) is 19.2 Å². The maximum absolute atomic E-state index is 12.0. The van der Waals surface area contributed by atoms with Gasteiger partial charge in [-0.15, -0.1) is 0 Å².